The highest BCUT2D eigenvalue weighted by Gasteiger charge is 2.30. The van der Waals surface area contributed by atoms with Crippen molar-refractivity contribution in [3.05, 3.63) is 42.1 Å². The van der Waals surface area contributed by atoms with Gasteiger partial charge in [0.25, 0.3) is 0 Å². The first kappa shape index (κ1) is 23.5. The van der Waals surface area contributed by atoms with Crippen LogP contribution >= 0.6 is 0 Å². The minimum atomic E-state index is -0.335. The lowest BCUT2D eigenvalue weighted by Gasteiger charge is -2.30. The Bertz CT molecular complexity index is 1290. The van der Waals surface area contributed by atoms with E-state index in [9.17, 15) is 4.79 Å². The van der Waals surface area contributed by atoms with Gasteiger partial charge in [-0.3, -0.25) is 0 Å². The van der Waals surface area contributed by atoms with Gasteiger partial charge in [-0.15, -0.1) is 0 Å². The second-order valence-electron chi connectivity index (χ2n) is 9.34. The van der Waals surface area contributed by atoms with Crippen LogP contribution in [0.5, 0.6) is 23.0 Å². The van der Waals surface area contributed by atoms with E-state index in [2.05, 4.69) is 29.0 Å². The number of hydrogen-bond donors (Lipinski definition) is 0. The number of pyridine rings is 1. The molecule has 3 aliphatic rings. The van der Waals surface area contributed by atoms with E-state index in [1.807, 2.05) is 19.2 Å². The van der Waals surface area contributed by atoms with Gasteiger partial charge in [-0.1, -0.05) is 19.3 Å². The lowest BCUT2D eigenvalue weighted by molar-refractivity contribution is -0.686. The highest BCUT2D eigenvalue weighted by Crippen LogP contribution is 2.42. The summed E-state index contributed by atoms with van der Waals surface area (Å²) in [4.78, 5) is 14.9. The number of nitrogens with zero attached hydrogens (tertiary/aromatic N) is 2. The summed E-state index contributed by atoms with van der Waals surface area (Å²) in [5, 5.41) is 1.85. The second kappa shape index (κ2) is 9.46. The minimum Gasteiger partial charge on any atom is -1.00 e. The lowest BCUT2D eigenvalue weighted by atomic mass is 9.95. The molecule has 3 aromatic rings. The Kier molecular flexibility index (Phi) is 6.36. The van der Waals surface area contributed by atoms with Crippen LogP contribution in [0.15, 0.2) is 36.5 Å². The molecule has 0 bridgehead atoms. The fraction of sp³-hybridized carbons (Fsp3) is 0.407. The van der Waals surface area contributed by atoms with Gasteiger partial charge >= 0.3 is 6.09 Å². The normalized spacial score (nSPS) is 16.2. The molecule has 0 N–H and O–H groups in total. The summed E-state index contributed by atoms with van der Waals surface area (Å²) < 4.78 is 25.0. The molecule has 0 atom stereocenters. The molecule has 6 rings (SSSR count). The Labute approximate surface area is 210 Å². The van der Waals surface area contributed by atoms with Gasteiger partial charge in [0.2, 0.25) is 12.5 Å². The third-order valence-electron chi connectivity index (χ3n) is 7.40. The zero-order valence-electron chi connectivity index (χ0n) is 20.0. The van der Waals surface area contributed by atoms with Crippen molar-refractivity contribution < 1.29 is 40.7 Å². The molecule has 0 spiro atoms. The van der Waals surface area contributed by atoms with E-state index in [-0.39, 0.29) is 31.3 Å². The van der Waals surface area contributed by atoms with E-state index in [1.165, 1.54) is 12.0 Å². The molecule has 1 aromatic heterocycles. The highest BCUT2D eigenvalue weighted by atomic mass is 35.5. The van der Waals surface area contributed by atoms with Gasteiger partial charge in [0, 0.05) is 25.6 Å². The van der Waals surface area contributed by atoms with E-state index in [0.29, 0.717) is 11.5 Å². The quantitative estimate of drug-likeness (QED) is 0.518. The molecule has 0 unspecified atom stereocenters. The van der Waals surface area contributed by atoms with Crippen molar-refractivity contribution in [3.8, 4) is 34.3 Å². The second-order valence-corrected chi connectivity index (χ2v) is 9.34. The number of ether oxygens (including phenoxy) is 4. The number of rotatable bonds is 3. The molecule has 1 aliphatic carbocycles. The molecule has 1 fully saturated rings. The highest BCUT2D eigenvalue weighted by molar-refractivity contribution is 5.93. The van der Waals surface area contributed by atoms with Crippen molar-refractivity contribution in [1.29, 1.82) is 0 Å². The number of methoxy groups -OCH3 is 1. The first-order valence-corrected chi connectivity index (χ1v) is 12.0. The van der Waals surface area contributed by atoms with Gasteiger partial charge in [0.05, 0.1) is 18.1 Å². The molecule has 3 heterocycles. The fourth-order valence-corrected chi connectivity index (χ4v) is 5.44. The van der Waals surface area contributed by atoms with Crippen molar-refractivity contribution in [2.45, 2.75) is 51.1 Å². The molecule has 2 aliphatic heterocycles. The molecule has 7 nitrogen and oxygen atoms in total. The van der Waals surface area contributed by atoms with E-state index in [0.717, 1.165) is 72.2 Å². The number of aromatic nitrogens is 1. The van der Waals surface area contributed by atoms with Crippen LogP contribution in [0.1, 0.15) is 37.7 Å². The van der Waals surface area contributed by atoms with Gasteiger partial charge in [-0.05, 0) is 48.1 Å². The number of fused-ring (bicyclic) bond motifs is 5. The predicted octanol–water partition coefficient (Wildman–Crippen LogP) is 1.86. The molecule has 2 aromatic carbocycles. The largest absolute Gasteiger partial charge is 1.00 e. The van der Waals surface area contributed by atoms with Crippen LogP contribution in [-0.4, -0.2) is 38.0 Å². The fourth-order valence-electron chi connectivity index (χ4n) is 5.44. The molecule has 35 heavy (non-hydrogen) atoms. The minimum absolute atomic E-state index is 0. The SMILES string of the molecule is COc1ccc2cc3[n+](cc2c1OC(=O)N(C)C1CCCCC1)CCc1cc2c(cc1-3)OCO2.[Cl-]. The van der Waals surface area contributed by atoms with Crippen LogP contribution in [0.4, 0.5) is 4.79 Å². The van der Waals surface area contributed by atoms with Gasteiger partial charge in [-0.25, -0.2) is 4.79 Å². The summed E-state index contributed by atoms with van der Waals surface area (Å²) in [5.41, 5.74) is 3.50. The summed E-state index contributed by atoms with van der Waals surface area (Å²) in [6, 6.07) is 10.4. The molecular formula is C27H29ClN2O5. The number of hydrogen-bond acceptors (Lipinski definition) is 5. The number of amides is 1. The maximum atomic E-state index is 13.1. The zero-order valence-corrected chi connectivity index (χ0v) is 20.8. The maximum absolute atomic E-state index is 13.1. The number of carbonyl (C=O) groups excluding carboxylic acids is 1. The summed E-state index contributed by atoms with van der Waals surface area (Å²) in [6.45, 7) is 1.09. The average molecular weight is 497 g/mol. The Morgan fingerprint density at radius 1 is 1.09 bits per heavy atom. The van der Waals surface area contributed by atoms with E-state index < -0.39 is 0 Å². The lowest BCUT2D eigenvalue weighted by Crippen LogP contribution is -3.00. The van der Waals surface area contributed by atoms with Crippen LogP contribution in [0, 0.1) is 0 Å². The Morgan fingerprint density at radius 3 is 2.63 bits per heavy atom. The summed E-state index contributed by atoms with van der Waals surface area (Å²) in [6.07, 6.45) is 8.24. The van der Waals surface area contributed by atoms with Gasteiger partial charge in [0.15, 0.2) is 35.7 Å². The number of aryl methyl sites for hydroxylation is 2. The van der Waals surface area contributed by atoms with Crippen LogP contribution < -0.4 is 35.9 Å². The summed E-state index contributed by atoms with van der Waals surface area (Å²) in [5.74, 6) is 2.62. The van der Waals surface area contributed by atoms with Gasteiger partial charge in [-0.2, -0.15) is 4.57 Å². The van der Waals surface area contributed by atoms with E-state index in [1.54, 1.807) is 12.0 Å². The summed E-state index contributed by atoms with van der Waals surface area (Å²) in [7, 11) is 3.45. The van der Waals surface area contributed by atoms with Gasteiger partial charge < -0.3 is 36.3 Å². The average Bonchev–Trinajstić information content (AvgIpc) is 3.34. The monoisotopic (exact) mass is 496 g/mol. The van der Waals surface area contributed by atoms with Crippen molar-refractivity contribution in [3.63, 3.8) is 0 Å². The summed E-state index contributed by atoms with van der Waals surface area (Å²) >= 11 is 0. The number of halogens is 1. The number of carbonyl (C=O) groups is 1. The van der Waals surface area contributed by atoms with Crippen LogP contribution in [0.3, 0.4) is 0 Å². The Hall–Kier alpha value is -3.19. The smallest absolute Gasteiger partial charge is 0.415 e. The topological polar surface area (TPSA) is 61.1 Å². The van der Waals surface area contributed by atoms with E-state index >= 15 is 0 Å². The third kappa shape index (κ3) is 4.12. The molecule has 1 saturated carbocycles. The van der Waals surface area contributed by atoms with Crippen molar-refractivity contribution in [2.24, 2.45) is 0 Å². The van der Waals surface area contributed by atoms with Crippen molar-refractivity contribution in [2.75, 3.05) is 21.0 Å². The Balaban J connectivity index is 0.00000253. The molecule has 184 valence electrons. The van der Waals surface area contributed by atoms with Crippen LogP contribution in [0.25, 0.3) is 22.0 Å². The molecule has 1 amide bonds. The first-order valence-electron chi connectivity index (χ1n) is 12.0. The van der Waals surface area contributed by atoms with E-state index in [4.69, 9.17) is 18.9 Å². The molecular weight excluding hydrogens is 468 g/mol. The maximum Gasteiger partial charge on any atom is 0.415 e. The predicted molar refractivity (Wildman–Crippen MR) is 127 cm³/mol. The van der Waals surface area contributed by atoms with Gasteiger partial charge in [0.1, 0.15) is 0 Å². The standard InChI is InChI=1S/C27H29N2O5.ClH/c1-28(19-6-4-3-5-7-19)27(30)34-26-21-15-29-11-10-18-13-24-25(33-16-32-24)14-20(18)22(29)12-17(21)8-9-23(26)31-2;/h8-9,12-15,19H,3-7,10-11,16H2,1-2H3;1H/q+1;/p-1. The van der Waals surface area contributed by atoms with Crippen molar-refractivity contribution in [1.82, 2.24) is 4.90 Å². The molecule has 0 saturated heterocycles. The van der Waals surface area contributed by atoms with Crippen LogP contribution in [-0.2, 0) is 13.0 Å². The zero-order chi connectivity index (χ0) is 23.2. The van der Waals surface area contributed by atoms with Crippen molar-refractivity contribution >= 4 is 16.9 Å². The molecule has 8 heteroatoms. The van der Waals surface area contributed by atoms with Crippen LogP contribution in [0.2, 0.25) is 0 Å². The number of benzene rings is 2. The first-order chi connectivity index (χ1) is 16.6. The third-order valence-corrected chi connectivity index (χ3v) is 7.40. The molecule has 0 radical (unpaired) electrons. The Morgan fingerprint density at radius 2 is 1.86 bits per heavy atom.